The number of likely N-dealkylation sites (tertiary alicyclic amines) is 1. The van der Waals surface area contributed by atoms with E-state index in [1.54, 1.807) is 0 Å². The van der Waals surface area contributed by atoms with Crippen molar-refractivity contribution in [2.75, 3.05) is 37.6 Å². The van der Waals surface area contributed by atoms with Crippen LogP contribution in [0.1, 0.15) is 50.8 Å². The molecule has 2 aliphatic heterocycles. The Morgan fingerprint density at radius 1 is 1.00 bits per heavy atom. The molecular formula is C27H37F3N6O. The topological polar surface area (TPSA) is 64.6 Å². The number of nitrogens with one attached hydrogen (secondary N) is 1. The van der Waals surface area contributed by atoms with E-state index in [1.807, 2.05) is 29.7 Å². The molecule has 0 spiro atoms. The Kier molecular flexibility index (Phi) is 8.89. The van der Waals surface area contributed by atoms with Crippen LogP contribution in [0, 0.1) is 5.92 Å². The molecule has 1 aromatic heterocycles. The van der Waals surface area contributed by atoms with Crippen molar-refractivity contribution in [1.82, 2.24) is 25.1 Å². The van der Waals surface area contributed by atoms with Gasteiger partial charge < -0.3 is 15.1 Å². The lowest BCUT2D eigenvalue weighted by molar-refractivity contribution is -0.141. The van der Waals surface area contributed by atoms with Gasteiger partial charge in [-0.3, -0.25) is 4.90 Å². The number of benzene rings is 1. The molecule has 0 saturated carbocycles. The van der Waals surface area contributed by atoms with Crippen LogP contribution in [0.3, 0.4) is 0 Å². The van der Waals surface area contributed by atoms with Crippen molar-refractivity contribution in [3.05, 3.63) is 54.0 Å². The first-order chi connectivity index (χ1) is 17.7. The van der Waals surface area contributed by atoms with E-state index in [1.165, 1.54) is 5.56 Å². The van der Waals surface area contributed by atoms with E-state index in [-0.39, 0.29) is 18.1 Å². The number of carbonyl (C=O) groups excluding carboxylic acids is 1. The van der Waals surface area contributed by atoms with Crippen LogP contribution in [0.25, 0.3) is 0 Å². The Labute approximate surface area is 217 Å². The minimum absolute atomic E-state index is 0.0779. The molecular weight excluding hydrogens is 481 g/mol. The van der Waals surface area contributed by atoms with Crippen LogP contribution in [0.5, 0.6) is 0 Å². The van der Waals surface area contributed by atoms with Crippen molar-refractivity contribution < 1.29 is 18.0 Å². The average Bonchev–Trinajstić information content (AvgIpc) is 2.84. The van der Waals surface area contributed by atoms with E-state index in [0.717, 1.165) is 57.7 Å². The van der Waals surface area contributed by atoms with Gasteiger partial charge in [-0.2, -0.15) is 13.2 Å². The minimum Gasteiger partial charge on any atom is -0.351 e. The largest absolute Gasteiger partial charge is 0.434 e. The van der Waals surface area contributed by atoms with Gasteiger partial charge in [-0.05, 0) is 64.1 Å². The number of alkyl halides is 3. The van der Waals surface area contributed by atoms with Gasteiger partial charge in [-0.1, -0.05) is 30.3 Å². The standard InChI is InChI=1S/C27H37F3N6O/c1-20-17-35(25-16-31-24(15-32-25)27(28,29)30)18-21(2)36(20)26(37)33-14-22-10-6-12-34(13-7-11-22)19-23-8-4-3-5-9-23/h3-5,8-9,15-16,20-22H,6-7,10-14,17-19H2,1-2H3,(H,33,37)/t20-,21+. The van der Waals surface area contributed by atoms with Crippen LogP contribution < -0.4 is 10.2 Å². The molecule has 2 fully saturated rings. The summed E-state index contributed by atoms with van der Waals surface area (Å²) < 4.78 is 38.4. The molecule has 2 aromatic rings. The quantitative estimate of drug-likeness (QED) is 0.616. The Balaban J connectivity index is 1.23. The SMILES string of the molecule is C[C@@H]1CN(c2cnc(C(F)(F)F)cn2)C[C@H](C)N1C(=O)NCC1CCCN(Cc2ccccc2)CCC1. The van der Waals surface area contributed by atoms with Crippen molar-refractivity contribution in [3.8, 4) is 0 Å². The van der Waals surface area contributed by atoms with Crippen molar-refractivity contribution in [2.45, 2.75) is 64.3 Å². The summed E-state index contributed by atoms with van der Waals surface area (Å²) in [6.07, 6.45) is 1.84. The number of carbonyl (C=O) groups is 1. The maximum Gasteiger partial charge on any atom is 0.434 e. The van der Waals surface area contributed by atoms with Crippen molar-refractivity contribution in [3.63, 3.8) is 0 Å². The zero-order chi connectivity index (χ0) is 26.4. The second-order valence-electron chi connectivity index (χ2n) is 10.4. The molecule has 0 unspecified atom stereocenters. The molecule has 1 N–H and O–H groups in total. The highest BCUT2D eigenvalue weighted by Gasteiger charge is 2.35. The van der Waals surface area contributed by atoms with E-state index in [4.69, 9.17) is 0 Å². The highest BCUT2D eigenvalue weighted by molar-refractivity contribution is 5.75. The first-order valence-corrected chi connectivity index (χ1v) is 13.2. The van der Waals surface area contributed by atoms with Crippen LogP contribution in [-0.4, -0.2) is 70.6 Å². The van der Waals surface area contributed by atoms with Gasteiger partial charge in [0, 0.05) is 38.3 Å². The second-order valence-corrected chi connectivity index (χ2v) is 10.4. The van der Waals surface area contributed by atoms with Gasteiger partial charge in [0.25, 0.3) is 0 Å². The first kappa shape index (κ1) is 27.2. The fourth-order valence-corrected chi connectivity index (χ4v) is 5.53. The lowest BCUT2D eigenvalue weighted by Gasteiger charge is -2.44. The normalized spacial score (nSPS) is 22.4. The molecule has 2 aliphatic rings. The summed E-state index contributed by atoms with van der Waals surface area (Å²) in [5.41, 5.74) is 0.342. The molecule has 37 heavy (non-hydrogen) atoms. The summed E-state index contributed by atoms with van der Waals surface area (Å²) in [6, 6.07) is 10.3. The molecule has 4 rings (SSSR count). The van der Waals surface area contributed by atoms with E-state index < -0.39 is 11.9 Å². The van der Waals surface area contributed by atoms with Crippen LogP contribution in [0.4, 0.5) is 23.8 Å². The molecule has 7 nitrogen and oxygen atoms in total. The van der Waals surface area contributed by atoms with Gasteiger partial charge in [0.2, 0.25) is 0 Å². The molecule has 0 aliphatic carbocycles. The summed E-state index contributed by atoms with van der Waals surface area (Å²) in [6.45, 7) is 8.68. The number of rotatable bonds is 5. The molecule has 3 heterocycles. The van der Waals surface area contributed by atoms with Gasteiger partial charge in [0.15, 0.2) is 5.69 Å². The second kappa shape index (κ2) is 12.1. The smallest absolute Gasteiger partial charge is 0.351 e. The number of hydrogen-bond donors (Lipinski definition) is 1. The summed E-state index contributed by atoms with van der Waals surface area (Å²) in [4.78, 5) is 26.9. The summed E-state index contributed by atoms with van der Waals surface area (Å²) >= 11 is 0. The van der Waals surface area contributed by atoms with E-state index in [0.29, 0.717) is 31.4 Å². The van der Waals surface area contributed by atoms with E-state index in [2.05, 4.69) is 44.5 Å². The van der Waals surface area contributed by atoms with Crippen LogP contribution >= 0.6 is 0 Å². The number of urea groups is 1. The zero-order valence-corrected chi connectivity index (χ0v) is 21.6. The molecule has 2 atom stereocenters. The molecule has 2 amide bonds. The minimum atomic E-state index is -4.51. The molecule has 0 bridgehead atoms. The predicted molar refractivity (Wildman–Crippen MR) is 137 cm³/mol. The maximum absolute atomic E-state index is 13.1. The highest BCUT2D eigenvalue weighted by Crippen LogP contribution is 2.28. The van der Waals surface area contributed by atoms with Gasteiger partial charge >= 0.3 is 12.2 Å². The van der Waals surface area contributed by atoms with Crippen LogP contribution in [0.15, 0.2) is 42.7 Å². The molecule has 202 valence electrons. The number of piperazine rings is 1. The highest BCUT2D eigenvalue weighted by atomic mass is 19.4. The van der Waals surface area contributed by atoms with Gasteiger partial charge in [0.1, 0.15) is 5.82 Å². The third-order valence-corrected chi connectivity index (χ3v) is 7.37. The summed E-state index contributed by atoms with van der Waals surface area (Å²) in [5.74, 6) is 0.861. The van der Waals surface area contributed by atoms with E-state index >= 15 is 0 Å². The number of hydrogen-bond acceptors (Lipinski definition) is 5. The third-order valence-electron chi connectivity index (χ3n) is 7.37. The van der Waals surface area contributed by atoms with Crippen LogP contribution in [-0.2, 0) is 12.7 Å². The Hall–Kier alpha value is -2.88. The summed E-state index contributed by atoms with van der Waals surface area (Å²) in [7, 11) is 0. The van der Waals surface area contributed by atoms with Crippen molar-refractivity contribution >= 4 is 11.8 Å². The first-order valence-electron chi connectivity index (χ1n) is 13.2. The lowest BCUT2D eigenvalue weighted by atomic mass is 9.95. The van der Waals surface area contributed by atoms with Crippen molar-refractivity contribution in [1.29, 1.82) is 0 Å². The number of nitrogens with zero attached hydrogens (tertiary/aromatic N) is 5. The number of amides is 2. The average molecular weight is 519 g/mol. The lowest BCUT2D eigenvalue weighted by Crippen LogP contribution is -2.61. The number of halogens is 3. The Morgan fingerprint density at radius 3 is 2.22 bits per heavy atom. The van der Waals surface area contributed by atoms with E-state index in [9.17, 15) is 18.0 Å². The monoisotopic (exact) mass is 518 g/mol. The van der Waals surface area contributed by atoms with Gasteiger partial charge in [0.05, 0.1) is 12.4 Å². The molecule has 1 aromatic carbocycles. The zero-order valence-electron chi connectivity index (χ0n) is 21.6. The van der Waals surface area contributed by atoms with Crippen molar-refractivity contribution in [2.24, 2.45) is 5.92 Å². The molecule has 0 radical (unpaired) electrons. The van der Waals surface area contributed by atoms with Gasteiger partial charge in [-0.15, -0.1) is 0 Å². The third kappa shape index (κ3) is 7.34. The van der Waals surface area contributed by atoms with Gasteiger partial charge in [-0.25, -0.2) is 14.8 Å². The predicted octanol–water partition coefficient (Wildman–Crippen LogP) is 4.80. The summed E-state index contributed by atoms with van der Waals surface area (Å²) in [5, 5.41) is 3.16. The Bertz CT molecular complexity index is 981. The fourth-order valence-electron chi connectivity index (χ4n) is 5.53. The Morgan fingerprint density at radius 2 is 1.65 bits per heavy atom. The van der Waals surface area contributed by atoms with Crippen LogP contribution in [0.2, 0.25) is 0 Å². The number of aromatic nitrogens is 2. The maximum atomic E-state index is 13.1. The fraction of sp³-hybridized carbons (Fsp3) is 0.593. The number of anilines is 1. The molecule has 10 heteroatoms. The molecule has 2 saturated heterocycles.